The Bertz CT molecular complexity index is 1510. The van der Waals surface area contributed by atoms with E-state index in [0.717, 1.165) is 16.8 Å². The lowest BCUT2D eigenvalue weighted by Crippen LogP contribution is -2.33. The summed E-state index contributed by atoms with van der Waals surface area (Å²) in [6, 6.07) is 15.9. The molecule has 0 bridgehead atoms. The molecule has 5 rings (SSSR count). The molecule has 2 N–H and O–H groups in total. The van der Waals surface area contributed by atoms with Crippen LogP contribution >= 0.6 is 0 Å². The van der Waals surface area contributed by atoms with Gasteiger partial charge in [-0.3, -0.25) is 9.52 Å². The molecular formula is C27H22N8O2. The molecule has 2 aromatic carbocycles. The summed E-state index contributed by atoms with van der Waals surface area (Å²) in [7, 11) is 1.83. The number of hydrogen-bond donors (Lipinski definition) is 2. The van der Waals surface area contributed by atoms with Crippen molar-refractivity contribution >= 4 is 23.4 Å². The summed E-state index contributed by atoms with van der Waals surface area (Å²) in [5.41, 5.74) is 4.25. The van der Waals surface area contributed by atoms with Crippen molar-refractivity contribution in [1.29, 1.82) is 5.26 Å². The topological polar surface area (TPSA) is 121 Å². The number of benzene rings is 2. The van der Waals surface area contributed by atoms with Crippen LogP contribution in [0.2, 0.25) is 0 Å². The van der Waals surface area contributed by atoms with E-state index in [-0.39, 0.29) is 12.1 Å². The number of nitrogens with zero attached hydrogens (tertiary/aromatic N) is 6. The second-order valence-electron chi connectivity index (χ2n) is 8.28. The van der Waals surface area contributed by atoms with E-state index in [2.05, 4.69) is 43.6 Å². The van der Waals surface area contributed by atoms with Gasteiger partial charge in [-0.05, 0) is 35.9 Å². The summed E-state index contributed by atoms with van der Waals surface area (Å²) in [6.07, 6.45) is 7.46. The van der Waals surface area contributed by atoms with Crippen LogP contribution < -0.4 is 10.6 Å². The van der Waals surface area contributed by atoms with Gasteiger partial charge in [-0.2, -0.15) is 15.4 Å². The minimum Gasteiger partial charge on any atom is -0.321 e. The largest absolute Gasteiger partial charge is 0.346 e. The molecule has 2 amide bonds. The van der Waals surface area contributed by atoms with Crippen LogP contribution in [-0.4, -0.2) is 37.4 Å². The molecule has 0 spiro atoms. The first-order valence-electron chi connectivity index (χ1n) is 11.5. The Morgan fingerprint density at radius 3 is 2.54 bits per heavy atom. The van der Waals surface area contributed by atoms with Crippen LogP contribution in [0.25, 0.3) is 0 Å². The first-order valence-corrected chi connectivity index (χ1v) is 11.5. The molecule has 10 nitrogen and oxygen atoms in total. The summed E-state index contributed by atoms with van der Waals surface area (Å²) in [5, 5.41) is 20.4. The Hall–Kier alpha value is -5.19. The van der Waals surface area contributed by atoms with Gasteiger partial charge in [0.05, 0.1) is 41.7 Å². The lowest BCUT2D eigenvalue weighted by molar-refractivity contribution is -0.0829. The fraction of sp³-hybridized carbons (Fsp3) is 0.148. The number of nitriles is 1. The van der Waals surface area contributed by atoms with Crippen molar-refractivity contribution in [2.24, 2.45) is 7.05 Å². The minimum atomic E-state index is -0.373. The third kappa shape index (κ3) is 5.73. The fourth-order valence-corrected chi connectivity index (χ4v) is 3.82. The van der Waals surface area contributed by atoms with Gasteiger partial charge in [0.1, 0.15) is 0 Å². The van der Waals surface area contributed by atoms with E-state index in [1.165, 1.54) is 5.06 Å². The molecular weight excluding hydrogens is 468 g/mol. The normalized spacial score (nSPS) is 14.4. The number of hydrogen-bond acceptors (Lipinski definition) is 7. The molecule has 1 saturated heterocycles. The number of carbonyl (C=O) groups excluding carboxylic acids is 1. The standard InChI is InChI=1S/C27H22N8O2/c1-34-18-24(17-31-34)32-26-29-15-21(16-30-26)6-5-19-3-2-4-23(13-19)33-27(36)35-25(11-12-37-35)22-9-7-20(14-28)8-10-22/h2-4,7-10,13,15-18,25H,11-12H2,1H3,(H,33,36)(H,29,30,32)/t25-/m0/s1. The van der Waals surface area contributed by atoms with E-state index in [9.17, 15) is 4.79 Å². The molecule has 0 unspecified atom stereocenters. The number of carbonyl (C=O) groups is 1. The summed E-state index contributed by atoms with van der Waals surface area (Å²) in [6.45, 7) is 0.433. The Labute approximate surface area is 213 Å². The number of urea groups is 1. The summed E-state index contributed by atoms with van der Waals surface area (Å²) in [4.78, 5) is 27.1. The Morgan fingerprint density at radius 2 is 1.81 bits per heavy atom. The van der Waals surface area contributed by atoms with E-state index in [0.29, 0.717) is 35.8 Å². The van der Waals surface area contributed by atoms with Gasteiger partial charge in [-0.1, -0.05) is 30.0 Å². The van der Waals surface area contributed by atoms with Crippen molar-refractivity contribution in [2.45, 2.75) is 12.5 Å². The second-order valence-corrected chi connectivity index (χ2v) is 8.28. The highest BCUT2D eigenvalue weighted by atomic mass is 16.7. The van der Waals surface area contributed by atoms with Crippen molar-refractivity contribution in [3.8, 4) is 17.9 Å². The zero-order valence-electron chi connectivity index (χ0n) is 19.9. The van der Waals surface area contributed by atoms with Crippen LogP contribution in [0.15, 0.2) is 73.3 Å². The number of amides is 2. The summed E-state index contributed by atoms with van der Waals surface area (Å²) < 4.78 is 1.69. The van der Waals surface area contributed by atoms with Gasteiger partial charge >= 0.3 is 6.03 Å². The van der Waals surface area contributed by atoms with Crippen LogP contribution in [0.3, 0.4) is 0 Å². The lowest BCUT2D eigenvalue weighted by Gasteiger charge is -2.23. The number of rotatable bonds is 4. The molecule has 0 saturated carbocycles. The smallest absolute Gasteiger partial charge is 0.321 e. The maximum atomic E-state index is 13.0. The highest BCUT2D eigenvalue weighted by Gasteiger charge is 2.31. The number of aromatic nitrogens is 4. The first kappa shape index (κ1) is 23.5. The van der Waals surface area contributed by atoms with Crippen LogP contribution in [0.1, 0.15) is 34.7 Å². The predicted molar refractivity (Wildman–Crippen MR) is 136 cm³/mol. The van der Waals surface area contributed by atoms with Gasteiger partial charge in [0, 0.05) is 43.3 Å². The Morgan fingerprint density at radius 1 is 1.03 bits per heavy atom. The van der Waals surface area contributed by atoms with E-state index < -0.39 is 0 Å². The molecule has 1 fully saturated rings. The predicted octanol–water partition coefficient (Wildman–Crippen LogP) is 4.14. The van der Waals surface area contributed by atoms with Crippen molar-refractivity contribution in [3.05, 3.63) is 95.6 Å². The van der Waals surface area contributed by atoms with Crippen molar-refractivity contribution < 1.29 is 9.63 Å². The SMILES string of the molecule is Cn1cc(Nc2ncc(C#Cc3cccc(NC(=O)N4OCC[C@H]4c4ccc(C#N)cc4)c3)cn2)cn1. The summed E-state index contributed by atoms with van der Waals surface area (Å²) >= 11 is 0. The first-order chi connectivity index (χ1) is 18.1. The maximum Gasteiger partial charge on any atom is 0.346 e. The number of anilines is 3. The molecule has 1 atom stereocenters. The molecule has 0 radical (unpaired) electrons. The molecule has 1 aliphatic heterocycles. The van der Waals surface area contributed by atoms with Crippen LogP contribution in [0, 0.1) is 23.2 Å². The van der Waals surface area contributed by atoms with Crippen LogP contribution in [-0.2, 0) is 11.9 Å². The van der Waals surface area contributed by atoms with Crippen molar-refractivity contribution in [1.82, 2.24) is 24.8 Å². The minimum absolute atomic E-state index is 0.230. The third-order valence-electron chi connectivity index (χ3n) is 5.61. The van der Waals surface area contributed by atoms with Crippen LogP contribution in [0.5, 0.6) is 0 Å². The highest BCUT2D eigenvalue weighted by molar-refractivity contribution is 5.89. The van der Waals surface area contributed by atoms with Gasteiger partial charge in [-0.15, -0.1) is 0 Å². The third-order valence-corrected chi connectivity index (χ3v) is 5.61. The van der Waals surface area contributed by atoms with Gasteiger partial charge in [-0.25, -0.2) is 14.8 Å². The van der Waals surface area contributed by atoms with E-state index in [1.54, 1.807) is 47.5 Å². The maximum absolute atomic E-state index is 13.0. The lowest BCUT2D eigenvalue weighted by atomic mass is 10.0. The van der Waals surface area contributed by atoms with Crippen LogP contribution in [0.4, 0.5) is 22.1 Å². The molecule has 2 aromatic heterocycles. The van der Waals surface area contributed by atoms with Gasteiger partial charge in [0.2, 0.25) is 5.95 Å². The zero-order valence-corrected chi connectivity index (χ0v) is 19.9. The number of nitrogens with one attached hydrogen (secondary N) is 2. The van der Waals surface area contributed by atoms with E-state index >= 15 is 0 Å². The van der Waals surface area contributed by atoms with Gasteiger partial charge in [0.25, 0.3) is 0 Å². The Kier molecular flexibility index (Phi) is 6.75. The Balaban J connectivity index is 1.23. The highest BCUT2D eigenvalue weighted by Crippen LogP contribution is 2.31. The fourth-order valence-electron chi connectivity index (χ4n) is 3.82. The quantitative estimate of drug-likeness (QED) is 0.413. The average Bonchev–Trinajstić information content (AvgIpc) is 3.58. The van der Waals surface area contributed by atoms with Gasteiger partial charge in [0.15, 0.2) is 0 Å². The number of hydroxylamine groups is 2. The van der Waals surface area contributed by atoms with Crippen molar-refractivity contribution in [3.63, 3.8) is 0 Å². The van der Waals surface area contributed by atoms with Crippen molar-refractivity contribution in [2.75, 3.05) is 17.2 Å². The monoisotopic (exact) mass is 490 g/mol. The van der Waals surface area contributed by atoms with E-state index in [1.807, 2.05) is 37.5 Å². The number of aryl methyl sites for hydroxylation is 1. The molecule has 3 heterocycles. The molecule has 4 aromatic rings. The van der Waals surface area contributed by atoms with Gasteiger partial charge < -0.3 is 10.6 Å². The molecule has 10 heteroatoms. The van der Waals surface area contributed by atoms with E-state index in [4.69, 9.17) is 10.1 Å². The molecule has 1 aliphatic rings. The molecule has 0 aliphatic carbocycles. The summed E-state index contributed by atoms with van der Waals surface area (Å²) in [5.74, 6) is 6.57. The zero-order chi connectivity index (χ0) is 25.6. The average molecular weight is 491 g/mol. The molecule has 37 heavy (non-hydrogen) atoms. The second kappa shape index (κ2) is 10.6. The molecule has 182 valence electrons.